The van der Waals surface area contributed by atoms with Crippen molar-refractivity contribution in [2.24, 2.45) is 0 Å². The van der Waals surface area contributed by atoms with Gasteiger partial charge in [0.1, 0.15) is 0 Å². The Morgan fingerprint density at radius 1 is 1.44 bits per heavy atom. The molecule has 0 amide bonds. The molecule has 0 aliphatic carbocycles. The minimum atomic E-state index is -1.11. The van der Waals surface area contributed by atoms with E-state index >= 15 is 0 Å². The van der Waals surface area contributed by atoms with Gasteiger partial charge in [0.15, 0.2) is 0 Å². The second-order valence-electron chi connectivity index (χ2n) is 3.62. The van der Waals surface area contributed by atoms with Crippen molar-refractivity contribution in [3.8, 4) is 0 Å². The molecule has 0 aliphatic heterocycles. The molecule has 93 valence electrons. The monoisotopic (exact) mass is 261 g/mol. The zero-order valence-electron chi connectivity index (χ0n) is 10.3. The van der Waals surface area contributed by atoms with E-state index in [1.54, 1.807) is 0 Å². The fourth-order valence-corrected chi connectivity index (χ4v) is 1.64. The molecule has 2 unspecified atom stereocenters. The lowest BCUT2D eigenvalue weighted by Gasteiger charge is -2.27. The van der Waals surface area contributed by atoms with Crippen LogP contribution in [-0.2, 0) is 14.3 Å². The predicted molar refractivity (Wildman–Crippen MR) is 68.8 cm³/mol. The van der Waals surface area contributed by atoms with E-state index in [0.717, 1.165) is 12.8 Å². The van der Waals surface area contributed by atoms with Gasteiger partial charge in [-0.25, -0.2) is 4.79 Å². The van der Waals surface area contributed by atoms with Gasteiger partial charge in [0.25, 0.3) is 0 Å². The second kappa shape index (κ2) is 8.14. The third kappa shape index (κ3) is 5.36. The highest BCUT2D eigenvalue weighted by atomic mass is 32.1. The normalized spacial score (nSPS) is 16.6. The molecular weight excluding hydrogens is 240 g/mol. The van der Waals surface area contributed by atoms with E-state index in [0.29, 0.717) is 19.4 Å². The molecule has 5 heteroatoms. The lowest BCUT2D eigenvalue weighted by molar-refractivity contribution is -0.163. The molecule has 0 heterocycles. The summed E-state index contributed by atoms with van der Waals surface area (Å²) in [6, 6.07) is 0. The van der Waals surface area contributed by atoms with Crippen molar-refractivity contribution in [1.82, 2.24) is 0 Å². The van der Waals surface area contributed by atoms with E-state index in [9.17, 15) is 4.79 Å². The summed E-state index contributed by atoms with van der Waals surface area (Å²) in [5.41, 5.74) is -0.277. The molecule has 0 aromatic heterocycles. The Labute approximate surface area is 107 Å². The maximum Gasteiger partial charge on any atom is 0.348 e. The molecule has 3 radical (unpaired) electrons. The van der Waals surface area contributed by atoms with Gasteiger partial charge in [-0.2, -0.15) is 0 Å². The van der Waals surface area contributed by atoms with E-state index in [4.69, 9.17) is 9.47 Å². The van der Waals surface area contributed by atoms with Crippen LogP contribution in [0.3, 0.4) is 0 Å². The highest BCUT2D eigenvalue weighted by Gasteiger charge is 2.37. The summed E-state index contributed by atoms with van der Waals surface area (Å²) in [5.74, 6) is -0.409. The van der Waals surface area contributed by atoms with Crippen LogP contribution in [-0.4, -0.2) is 33.5 Å². The summed E-state index contributed by atoms with van der Waals surface area (Å²) in [6.45, 7) is 6.28. The summed E-state index contributed by atoms with van der Waals surface area (Å²) in [5, 5.41) is 0. The van der Waals surface area contributed by atoms with E-state index in [1.807, 2.05) is 13.8 Å². The van der Waals surface area contributed by atoms with Gasteiger partial charge in [0.05, 0.1) is 16.0 Å². The molecule has 0 bridgehead atoms. The van der Waals surface area contributed by atoms with Gasteiger partial charge in [0.2, 0.25) is 4.93 Å². The van der Waals surface area contributed by atoms with Gasteiger partial charge in [-0.3, -0.25) is 0 Å². The second-order valence-corrected chi connectivity index (χ2v) is 4.99. The predicted octanol–water partition coefficient (Wildman–Crippen LogP) is 2.29. The Hall–Kier alpha value is -0.00312. The van der Waals surface area contributed by atoms with Crippen LogP contribution in [0.15, 0.2) is 0 Å². The minimum Gasteiger partial charge on any atom is -0.464 e. The highest BCUT2D eigenvalue weighted by Crippen LogP contribution is 2.26. The Morgan fingerprint density at radius 2 is 2.06 bits per heavy atom. The SMILES string of the molecule is CCCCC(S)(OCC)C(=O)OC([Si])CC. The van der Waals surface area contributed by atoms with Gasteiger partial charge in [0, 0.05) is 6.61 Å². The molecule has 0 saturated carbocycles. The van der Waals surface area contributed by atoms with Crippen LogP contribution in [0.4, 0.5) is 0 Å². The Morgan fingerprint density at radius 3 is 2.50 bits per heavy atom. The molecule has 16 heavy (non-hydrogen) atoms. The van der Waals surface area contributed by atoms with Crippen molar-refractivity contribution < 1.29 is 14.3 Å². The molecule has 0 aliphatic rings. The van der Waals surface area contributed by atoms with Crippen molar-refractivity contribution >= 4 is 28.8 Å². The first-order chi connectivity index (χ1) is 7.50. The molecular formula is C11H21O3SSi. The Bertz CT molecular complexity index is 213. The van der Waals surface area contributed by atoms with Gasteiger partial charge in [-0.05, 0) is 26.2 Å². The fourth-order valence-electron chi connectivity index (χ4n) is 1.19. The molecule has 0 rings (SSSR count). The van der Waals surface area contributed by atoms with E-state index < -0.39 is 10.9 Å². The summed E-state index contributed by atoms with van der Waals surface area (Å²) in [7, 11) is 3.31. The van der Waals surface area contributed by atoms with Crippen LogP contribution in [0, 0.1) is 0 Å². The zero-order valence-corrected chi connectivity index (χ0v) is 12.2. The van der Waals surface area contributed by atoms with Crippen molar-refractivity contribution in [2.45, 2.75) is 57.1 Å². The van der Waals surface area contributed by atoms with E-state index in [-0.39, 0.29) is 5.73 Å². The number of hydrogen-bond donors (Lipinski definition) is 1. The minimum absolute atomic E-state index is 0.277. The number of esters is 1. The van der Waals surface area contributed by atoms with Crippen molar-refractivity contribution in [3.05, 3.63) is 0 Å². The van der Waals surface area contributed by atoms with E-state index in [1.165, 1.54) is 0 Å². The average Bonchev–Trinajstić information content (AvgIpc) is 2.26. The summed E-state index contributed by atoms with van der Waals surface area (Å²) < 4.78 is 10.6. The highest BCUT2D eigenvalue weighted by molar-refractivity contribution is 7.82. The van der Waals surface area contributed by atoms with Crippen LogP contribution in [0.25, 0.3) is 0 Å². The van der Waals surface area contributed by atoms with Crippen LogP contribution < -0.4 is 0 Å². The lowest BCUT2D eigenvalue weighted by Crippen LogP contribution is -2.39. The quantitative estimate of drug-likeness (QED) is 0.315. The lowest BCUT2D eigenvalue weighted by atomic mass is 10.1. The van der Waals surface area contributed by atoms with Gasteiger partial charge in [-0.15, -0.1) is 12.6 Å². The van der Waals surface area contributed by atoms with Crippen LogP contribution in [0.1, 0.15) is 46.5 Å². The van der Waals surface area contributed by atoms with Crippen molar-refractivity contribution in [2.75, 3.05) is 6.61 Å². The number of ether oxygens (including phenoxy) is 2. The van der Waals surface area contributed by atoms with Crippen LogP contribution >= 0.6 is 12.6 Å². The molecule has 2 atom stereocenters. The molecule has 0 fully saturated rings. The van der Waals surface area contributed by atoms with Gasteiger partial charge in [-0.1, -0.05) is 20.3 Å². The van der Waals surface area contributed by atoms with E-state index in [2.05, 4.69) is 29.8 Å². The maximum absolute atomic E-state index is 11.9. The molecule has 0 spiro atoms. The Kier molecular flexibility index (Phi) is 8.14. The molecule has 0 aromatic carbocycles. The molecule has 0 saturated heterocycles. The molecule has 0 aromatic rings. The van der Waals surface area contributed by atoms with Crippen LogP contribution in [0.2, 0.25) is 0 Å². The van der Waals surface area contributed by atoms with Gasteiger partial charge >= 0.3 is 5.97 Å². The third-order valence-corrected chi connectivity index (χ3v) is 3.25. The Balaban J connectivity index is 4.42. The molecule has 0 N–H and O–H groups in total. The van der Waals surface area contributed by atoms with Crippen molar-refractivity contribution in [3.63, 3.8) is 0 Å². The fraction of sp³-hybridized carbons (Fsp3) is 0.909. The number of carbonyl (C=O) groups excluding carboxylic acids is 1. The number of thiol groups is 1. The number of hydrogen-bond acceptors (Lipinski definition) is 4. The zero-order chi connectivity index (χ0) is 12.6. The largest absolute Gasteiger partial charge is 0.464 e. The summed E-state index contributed by atoms with van der Waals surface area (Å²) in [6.07, 6.45) is 3.17. The number of unbranched alkanes of at least 4 members (excludes halogenated alkanes) is 1. The first kappa shape index (κ1) is 16.0. The topological polar surface area (TPSA) is 35.5 Å². The number of carbonyl (C=O) groups is 1. The number of rotatable bonds is 8. The van der Waals surface area contributed by atoms with Gasteiger partial charge < -0.3 is 9.47 Å². The third-order valence-electron chi connectivity index (χ3n) is 2.19. The average molecular weight is 261 g/mol. The van der Waals surface area contributed by atoms with Crippen LogP contribution in [0.5, 0.6) is 0 Å². The first-order valence-corrected chi connectivity index (χ1v) is 6.81. The molecule has 3 nitrogen and oxygen atoms in total. The maximum atomic E-state index is 11.9. The summed E-state index contributed by atoms with van der Waals surface area (Å²) in [4.78, 5) is 10.8. The smallest absolute Gasteiger partial charge is 0.348 e. The first-order valence-electron chi connectivity index (χ1n) is 5.78. The van der Waals surface area contributed by atoms with Crippen molar-refractivity contribution in [1.29, 1.82) is 0 Å². The standard InChI is InChI=1S/C11H21O3SSi/c1-4-7-8-11(15,13-6-3)10(12)14-9(16)5-2/h9,15H,4-8H2,1-3H3. The summed E-state index contributed by atoms with van der Waals surface area (Å²) >= 11 is 4.32.